The van der Waals surface area contributed by atoms with E-state index in [1.54, 1.807) is 47.2 Å². The van der Waals surface area contributed by atoms with Gasteiger partial charge < -0.3 is 15.6 Å². The predicted molar refractivity (Wildman–Crippen MR) is 132 cm³/mol. The van der Waals surface area contributed by atoms with Crippen LogP contribution in [-0.4, -0.2) is 59.3 Å². The van der Waals surface area contributed by atoms with Crippen LogP contribution in [0.15, 0.2) is 71.9 Å². The summed E-state index contributed by atoms with van der Waals surface area (Å²) in [5.41, 5.74) is 6.89. The molecule has 188 valence electrons. The van der Waals surface area contributed by atoms with Crippen LogP contribution in [0.2, 0.25) is 0 Å². The van der Waals surface area contributed by atoms with Crippen LogP contribution in [-0.2, 0) is 10.0 Å². The zero-order valence-electron chi connectivity index (χ0n) is 19.1. The fraction of sp³-hybridized carbons (Fsp3) is 0.217. The Morgan fingerprint density at radius 2 is 1.97 bits per heavy atom. The SMILES string of the molecule is NCCCOc1ccn2ncc(-c3cccc(N(CCO)S(=O)(=O)c4ccccc4[N+](=O)[O-])c3)c2n1. The Bertz CT molecular complexity index is 1490. The molecule has 0 unspecified atom stereocenters. The minimum Gasteiger partial charge on any atom is -0.478 e. The Labute approximate surface area is 206 Å². The van der Waals surface area contributed by atoms with Crippen LogP contribution < -0.4 is 14.8 Å². The standard InChI is InChI=1S/C23H24N6O6S/c24-10-4-14-35-22-9-11-27-23(26-22)19(16-25-27)17-5-3-6-18(15-17)28(12-13-30)36(33,34)21-8-2-1-7-20(21)29(31)32/h1-3,5-9,11,15-16,30H,4,10,12-14,24H2. The van der Waals surface area contributed by atoms with Gasteiger partial charge >= 0.3 is 0 Å². The van der Waals surface area contributed by atoms with Gasteiger partial charge in [0, 0.05) is 23.9 Å². The number of hydrogen-bond donors (Lipinski definition) is 2. The van der Waals surface area contributed by atoms with Crippen LogP contribution in [0.5, 0.6) is 5.88 Å². The van der Waals surface area contributed by atoms with Crippen LogP contribution in [0.25, 0.3) is 16.8 Å². The van der Waals surface area contributed by atoms with E-state index < -0.39 is 32.1 Å². The van der Waals surface area contributed by atoms with Crippen molar-refractivity contribution in [1.29, 1.82) is 0 Å². The molecule has 36 heavy (non-hydrogen) atoms. The number of nitro groups is 1. The van der Waals surface area contributed by atoms with Crippen molar-refractivity contribution in [3.05, 3.63) is 77.1 Å². The number of sulfonamides is 1. The van der Waals surface area contributed by atoms with E-state index in [1.807, 2.05) is 0 Å². The number of benzene rings is 2. The zero-order valence-corrected chi connectivity index (χ0v) is 19.9. The fourth-order valence-electron chi connectivity index (χ4n) is 3.65. The highest BCUT2D eigenvalue weighted by Gasteiger charge is 2.31. The molecule has 0 spiro atoms. The number of hydrogen-bond acceptors (Lipinski definition) is 9. The molecule has 0 aliphatic rings. The summed E-state index contributed by atoms with van der Waals surface area (Å²) >= 11 is 0. The molecule has 2 heterocycles. The van der Waals surface area contributed by atoms with E-state index in [4.69, 9.17) is 10.5 Å². The minimum absolute atomic E-state index is 0.217. The van der Waals surface area contributed by atoms with Gasteiger partial charge in [-0.05, 0) is 36.7 Å². The first-order valence-electron chi connectivity index (χ1n) is 11.0. The first kappa shape index (κ1) is 25.0. The quantitative estimate of drug-likeness (QED) is 0.174. The van der Waals surface area contributed by atoms with Crippen LogP contribution in [0, 0.1) is 10.1 Å². The smallest absolute Gasteiger partial charge is 0.289 e. The largest absolute Gasteiger partial charge is 0.478 e. The second kappa shape index (κ2) is 10.7. The van der Waals surface area contributed by atoms with Gasteiger partial charge in [0.1, 0.15) is 0 Å². The number of fused-ring (bicyclic) bond motifs is 1. The van der Waals surface area contributed by atoms with E-state index in [0.29, 0.717) is 42.2 Å². The molecule has 2 aromatic carbocycles. The molecule has 0 radical (unpaired) electrons. The molecule has 4 rings (SSSR count). The summed E-state index contributed by atoms with van der Waals surface area (Å²) in [5, 5.41) is 25.4. The molecule has 2 aromatic heterocycles. The summed E-state index contributed by atoms with van der Waals surface area (Å²) in [4.78, 5) is 14.8. The molecule has 0 saturated carbocycles. The molecule has 0 atom stereocenters. The van der Waals surface area contributed by atoms with Crippen LogP contribution >= 0.6 is 0 Å². The van der Waals surface area contributed by atoms with Gasteiger partial charge in [-0.2, -0.15) is 10.1 Å². The van der Waals surface area contributed by atoms with Gasteiger partial charge in [0.05, 0.1) is 36.6 Å². The van der Waals surface area contributed by atoms with Gasteiger partial charge in [-0.15, -0.1) is 0 Å². The van der Waals surface area contributed by atoms with Gasteiger partial charge in [-0.25, -0.2) is 12.9 Å². The number of anilines is 1. The number of nitrogens with two attached hydrogens (primary N) is 1. The highest BCUT2D eigenvalue weighted by atomic mass is 32.2. The molecular weight excluding hydrogens is 488 g/mol. The van der Waals surface area contributed by atoms with Crippen molar-refractivity contribution in [3.8, 4) is 17.0 Å². The maximum absolute atomic E-state index is 13.5. The van der Waals surface area contributed by atoms with Crippen molar-refractivity contribution >= 4 is 27.0 Å². The highest BCUT2D eigenvalue weighted by Crippen LogP contribution is 2.33. The average Bonchev–Trinajstić information content (AvgIpc) is 3.31. The number of aromatic nitrogens is 3. The molecular formula is C23H24N6O6S. The number of ether oxygens (including phenoxy) is 1. The molecule has 12 nitrogen and oxygen atoms in total. The molecule has 0 bridgehead atoms. The van der Waals surface area contributed by atoms with Gasteiger partial charge in [-0.3, -0.25) is 14.4 Å². The van der Waals surface area contributed by atoms with E-state index >= 15 is 0 Å². The Morgan fingerprint density at radius 1 is 1.17 bits per heavy atom. The van der Waals surface area contributed by atoms with Crippen molar-refractivity contribution in [3.63, 3.8) is 0 Å². The van der Waals surface area contributed by atoms with Crippen molar-refractivity contribution in [2.24, 2.45) is 5.73 Å². The topological polar surface area (TPSA) is 166 Å². The monoisotopic (exact) mass is 512 g/mol. The third kappa shape index (κ3) is 4.98. The Kier molecular flexibility index (Phi) is 7.43. The molecule has 0 saturated heterocycles. The van der Waals surface area contributed by atoms with E-state index in [0.717, 1.165) is 10.4 Å². The lowest BCUT2D eigenvalue weighted by molar-refractivity contribution is -0.387. The first-order valence-corrected chi connectivity index (χ1v) is 12.5. The maximum atomic E-state index is 13.5. The Morgan fingerprint density at radius 3 is 2.72 bits per heavy atom. The van der Waals surface area contributed by atoms with Crippen molar-refractivity contribution in [2.75, 3.05) is 30.6 Å². The number of aliphatic hydroxyl groups is 1. The summed E-state index contributed by atoms with van der Waals surface area (Å²) in [7, 11) is -4.37. The third-order valence-electron chi connectivity index (χ3n) is 5.32. The molecule has 3 N–H and O–H groups in total. The second-order valence-corrected chi connectivity index (χ2v) is 9.49. The molecule has 4 aromatic rings. The highest BCUT2D eigenvalue weighted by molar-refractivity contribution is 7.93. The van der Waals surface area contributed by atoms with Crippen molar-refractivity contribution in [2.45, 2.75) is 11.3 Å². The number of aliphatic hydroxyl groups excluding tert-OH is 1. The second-order valence-electron chi connectivity index (χ2n) is 7.66. The molecule has 0 amide bonds. The summed E-state index contributed by atoms with van der Waals surface area (Å²) in [6.45, 7) is 0.112. The number of rotatable bonds is 11. The zero-order chi connectivity index (χ0) is 25.7. The normalized spacial score (nSPS) is 11.5. The van der Waals surface area contributed by atoms with E-state index in [2.05, 4.69) is 10.1 Å². The molecule has 13 heteroatoms. The van der Waals surface area contributed by atoms with Gasteiger partial charge in [-0.1, -0.05) is 24.3 Å². The maximum Gasteiger partial charge on any atom is 0.289 e. The van der Waals surface area contributed by atoms with E-state index in [-0.39, 0.29) is 12.2 Å². The van der Waals surface area contributed by atoms with E-state index in [1.165, 1.54) is 18.2 Å². The Hall–Kier alpha value is -4.07. The lowest BCUT2D eigenvalue weighted by atomic mass is 10.1. The lowest BCUT2D eigenvalue weighted by Crippen LogP contribution is -2.34. The summed E-state index contributed by atoms with van der Waals surface area (Å²) in [6, 6.07) is 13.3. The van der Waals surface area contributed by atoms with Crippen LogP contribution in [0.1, 0.15) is 6.42 Å². The molecule has 0 aliphatic carbocycles. The summed E-state index contributed by atoms with van der Waals surface area (Å²) < 4.78 is 35.1. The predicted octanol–water partition coefficient (Wildman–Crippen LogP) is 2.22. The van der Waals surface area contributed by atoms with Gasteiger partial charge in [0.2, 0.25) is 5.88 Å². The summed E-state index contributed by atoms with van der Waals surface area (Å²) in [6.07, 6.45) is 3.97. The number of nitro benzene ring substituents is 1. The Balaban J connectivity index is 1.76. The van der Waals surface area contributed by atoms with Crippen LogP contribution in [0.4, 0.5) is 11.4 Å². The number of nitrogens with zero attached hydrogens (tertiary/aromatic N) is 5. The fourth-order valence-corrected chi connectivity index (χ4v) is 5.26. The van der Waals surface area contributed by atoms with E-state index in [9.17, 15) is 23.6 Å². The average molecular weight is 513 g/mol. The minimum atomic E-state index is -4.37. The molecule has 0 aliphatic heterocycles. The lowest BCUT2D eigenvalue weighted by Gasteiger charge is -2.24. The van der Waals surface area contributed by atoms with Gasteiger partial charge in [0.25, 0.3) is 15.7 Å². The number of para-hydroxylation sites is 1. The third-order valence-corrected chi connectivity index (χ3v) is 7.19. The van der Waals surface area contributed by atoms with Crippen molar-refractivity contribution in [1.82, 2.24) is 14.6 Å². The van der Waals surface area contributed by atoms with Crippen molar-refractivity contribution < 1.29 is 23.2 Å². The first-order chi connectivity index (χ1) is 17.4. The van der Waals surface area contributed by atoms with Crippen LogP contribution in [0.3, 0.4) is 0 Å². The molecule has 0 fully saturated rings. The van der Waals surface area contributed by atoms with Gasteiger partial charge in [0.15, 0.2) is 10.5 Å². The summed E-state index contributed by atoms with van der Waals surface area (Å²) in [5.74, 6) is 0.398.